The second kappa shape index (κ2) is 21.2. The molecule has 6 heterocycles. The van der Waals surface area contributed by atoms with Crippen LogP contribution in [-0.4, -0.2) is 96.5 Å². The van der Waals surface area contributed by atoms with E-state index in [1.807, 2.05) is 56.2 Å². The Labute approximate surface area is 400 Å². The van der Waals surface area contributed by atoms with Crippen molar-refractivity contribution >= 4 is 39.5 Å². The molecule has 2 aliphatic rings. The molecule has 364 valence electrons. The predicted molar refractivity (Wildman–Crippen MR) is 258 cm³/mol. The van der Waals surface area contributed by atoms with Crippen molar-refractivity contribution in [1.29, 1.82) is 0 Å². The fourth-order valence-corrected chi connectivity index (χ4v) is 8.83. The van der Waals surface area contributed by atoms with Crippen LogP contribution in [0.1, 0.15) is 52.7 Å². The minimum absolute atomic E-state index is 0.239. The van der Waals surface area contributed by atoms with Crippen molar-refractivity contribution in [2.45, 2.75) is 56.7 Å². The summed E-state index contributed by atoms with van der Waals surface area (Å²) in [6.45, 7) is 4.16. The van der Waals surface area contributed by atoms with Crippen molar-refractivity contribution in [2.75, 3.05) is 43.0 Å². The van der Waals surface area contributed by atoms with Crippen molar-refractivity contribution < 1.29 is 31.1 Å². The van der Waals surface area contributed by atoms with Crippen molar-refractivity contribution in [3.05, 3.63) is 144 Å². The molecule has 0 aliphatic carbocycles. The van der Waals surface area contributed by atoms with Gasteiger partial charge in [0.05, 0.1) is 22.5 Å². The highest BCUT2D eigenvalue weighted by Crippen LogP contribution is 2.35. The van der Waals surface area contributed by atoms with Crippen molar-refractivity contribution in [2.24, 2.45) is 19.8 Å². The van der Waals surface area contributed by atoms with Gasteiger partial charge in [-0.1, -0.05) is 72.8 Å². The Kier molecular flexibility index (Phi) is 14.9. The Bertz CT molecular complexity index is 3010. The summed E-state index contributed by atoms with van der Waals surface area (Å²) in [4.78, 5) is 16.9. The van der Waals surface area contributed by atoms with Gasteiger partial charge in [-0.05, 0) is 74.7 Å². The van der Waals surface area contributed by atoms with Crippen molar-refractivity contribution in [1.82, 2.24) is 44.9 Å². The molecule has 10 rings (SSSR count). The van der Waals surface area contributed by atoms with E-state index in [1.54, 1.807) is 29.2 Å². The van der Waals surface area contributed by atoms with E-state index in [-0.39, 0.29) is 5.56 Å². The number of alkyl halides is 6. The molecular formula is C51H52F6N12O. The van der Waals surface area contributed by atoms with Crippen LogP contribution < -0.4 is 15.5 Å². The lowest BCUT2D eigenvalue weighted by Gasteiger charge is -2.37. The maximum atomic E-state index is 12.8. The fourth-order valence-electron chi connectivity index (χ4n) is 8.83. The third kappa shape index (κ3) is 11.3. The minimum Gasteiger partial charge on any atom is -0.354 e. The largest absolute Gasteiger partial charge is 0.416 e. The molecule has 0 amide bonds. The summed E-state index contributed by atoms with van der Waals surface area (Å²) in [7, 11) is 5.85. The summed E-state index contributed by atoms with van der Waals surface area (Å²) >= 11 is 0. The number of nitrogens with two attached hydrogens (primary N) is 1. The maximum Gasteiger partial charge on any atom is 0.416 e. The number of aromatic nitrogens is 8. The molecule has 4 aromatic heterocycles. The first-order chi connectivity index (χ1) is 33.6. The second-order valence-corrected chi connectivity index (χ2v) is 17.4. The standard InChI is InChI=1S/C26H27F3N6.C17H20N6.C8H5F3O/c1-33(17-18-7-9-19(10-8-18)26(27,28)29)20-12-15-35(16-13-20)25-22-6-4-3-5-21(22)24(31-32-25)23-11-14-30-34(23)2;1-22-15(6-9-19-22)16-13-4-2-3-5-14(13)17(21-20-16)23-10-7-12(18)8-11-23;9-8(10,11)7-3-1-6(5-12)2-4-7/h3-11,14,20H,12-13,15-17H2,1-2H3;2-6,9,12H,7-8,10-11,18H2,1H3;1-5H. The minimum atomic E-state index is -4.33. The molecule has 0 radical (unpaired) electrons. The average Bonchev–Trinajstić information content (AvgIpc) is 4.00. The summed E-state index contributed by atoms with van der Waals surface area (Å²) in [5, 5.41) is 31.1. The molecular weight excluding hydrogens is 911 g/mol. The van der Waals surface area contributed by atoms with E-state index < -0.39 is 23.5 Å². The van der Waals surface area contributed by atoms with Gasteiger partial charge < -0.3 is 15.5 Å². The molecule has 2 saturated heterocycles. The van der Waals surface area contributed by atoms with Crippen molar-refractivity contribution in [3.8, 4) is 22.8 Å². The number of rotatable bonds is 8. The summed E-state index contributed by atoms with van der Waals surface area (Å²) in [6, 6.07) is 30.5. The van der Waals surface area contributed by atoms with E-state index in [9.17, 15) is 31.1 Å². The molecule has 0 spiro atoms. The van der Waals surface area contributed by atoms with E-state index in [0.29, 0.717) is 24.9 Å². The van der Waals surface area contributed by atoms with Gasteiger partial charge in [0.1, 0.15) is 17.7 Å². The smallest absolute Gasteiger partial charge is 0.354 e. The molecule has 8 aromatic rings. The third-order valence-electron chi connectivity index (χ3n) is 12.8. The Balaban J connectivity index is 0.000000160. The topological polar surface area (TPSA) is 140 Å². The number of halogens is 6. The average molecular weight is 963 g/mol. The number of anilines is 2. The van der Waals surface area contributed by atoms with Gasteiger partial charge in [-0.25, -0.2) is 0 Å². The molecule has 0 atom stereocenters. The van der Waals surface area contributed by atoms with Crippen LogP contribution in [-0.2, 0) is 33.0 Å². The number of piperidine rings is 2. The number of aryl methyl sites for hydroxylation is 2. The highest BCUT2D eigenvalue weighted by atomic mass is 19.4. The van der Waals surface area contributed by atoms with Crippen LogP contribution in [0.3, 0.4) is 0 Å². The van der Waals surface area contributed by atoms with Gasteiger partial charge in [-0.3, -0.25) is 19.1 Å². The van der Waals surface area contributed by atoms with Gasteiger partial charge in [0.25, 0.3) is 0 Å². The first kappa shape index (κ1) is 49.2. The van der Waals surface area contributed by atoms with Gasteiger partial charge in [-0.15, -0.1) is 20.4 Å². The number of carbonyl (C=O) groups is 1. The number of hydrogen-bond donors (Lipinski definition) is 1. The van der Waals surface area contributed by atoms with Crippen molar-refractivity contribution in [3.63, 3.8) is 0 Å². The first-order valence-corrected chi connectivity index (χ1v) is 22.8. The molecule has 0 bridgehead atoms. The number of nitrogens with zero attached hydrogens (tertiary/aromatic N) is 11. The Morgan fingerprint density at radius 3 is 1.40 bits per heavy atom. The van der Waals surface area contributed by atoms with Crippen LogP contribution >= 0.6 is 0 Å². The summed E-state index contributed by atoms with van der Waals surface area (Å²) in [6.07, 6.45) is -0.717. The predicted octanol–water partition coefficient (Wildman–Crippen LogP) is 9.63. The van der Waals surface area contributed by atoms with E-state index >= 15 is 0 Å². The van der Waals surface area contributed by atoms with E-state index in [0.717, 1.165) is 150 Å². The van der Waals surface area contributed by atoms with Gasteiger partial charge in [0, 0.05) is 98.4 Å². The lowest BCUT2D eigenvalue weighted by Crippen LogP contribution is -2.43. The van der Waals surface area contributed by atoms with E-state index in [4.69, 9.17) is 5.73 Å². The molecule has 0 unspecified atom stereocenters. The van der Waals surface area contributed by atoms with Crippen LogP contribution in [0.15, 0.2) is 122 Å². The molecule has 0 saturated carbocycles. The molecule has 70 heavy (non-hydrogen) atoms. The quantitative estimate of drug-likeness (QED) is 0.115. The molecule has 19 heteroatoms. The Hall–Kier alpha value is -7.25. The number of hydrogen-bond acceptors (Lipinski definition) is 11. The SMILES string of the molecule is CN(Cc1ccc(C(F)(F)F)cc1)C1CCN(c2nnc(-c3ccnn3C)c3ccccc23)CC1.Cn1nccc1-c1nnc(N2CCC(N)CC2)c2ccccc12.O=Cc1ccc(C(F)(F)F)cc1. The monoisotopic (exact) mass is 962 g/mol. The zero-order valence-corrected chi connectivity index (χ0v) is 38.8. The Morgan fingerprint density at radius 1 is 0.586 bits per heavy atom. The first-order valence-electron chi connectivity index (χ1n) is 22.8. The molecule has 2 fully saturated rings. The molecule has 2 aliphatic heterocycles. The van der Waals surface area contributed by atoms with Crippen LogP contribution in [0.25, 0.3) is 44.3 Å². The summed E-state index contributed by atoms with van der Waals surface area (Å²) in [5.41, 5.74) is 9.37. The lowest BCUT2D eigenvalue weighted by molar-refractivity contribution is -0.138. The van der Waals surface area contributed by atoms with Crippen LogP contribution in [0, 0.1) is 0 Å². The van der Waals surface area contributed by atoms with Gasteiger partial charge in [0.15, 0.2) is 11.6 Å². The summed E-state index contributed by atoms with van der Waals surface area (Å²) in [5.74, 6) is 1.84. The number of fused-ring (bicyclic) bond motifs is 2. The summed E-state index contributed by atoms with van der Waals surface area (Å²) < 4.78 is 77.9. The maximum absolute atomic E-state index is 12.8. The highest BCUT2D eigenvalue weighted by Gasteiger charge is 2.31. The van der Waals surface area contributed by atoms with Gasteiger partial charge >= 0.3 is 12.4 Å². The van der Waals surface area contributed by atoms with E-state index in [1.165, 1.54) is 0 Å². The second-order valence-electron chi connectivity index (χ2n) is 17.4. The normalized spacial score (nSPS) is 14.9. The molecule has 13 nitrogen and oxygen atoms in total. The van der Waals surface area contributed by atoms with Crippen LogP contribution in [0.5, 0.6) is 0 Å². The van der Waals surface area contributed by atoms with Crippen LogP contribution in [0.4, 0.5) is 38.0 Å². The number of benzene rings is 4. The Morgan fingerprint density at radius 2 is 1.00 bits per heavy atom. The zero-order chi connectivity index (χ0) is 49.6. The van der Waals surface area contributed by atoms with Gasteiger partial charge in [-0.2, -0.15) is 36.5 Å². The molecule has 4 aromatic carbocycles. The lowest BCUT2D eigenvalue weighted by atomic mass is 10.0. The highest BCUT2D eigenvalue weighted by molar-refractivity contribution is 6.00. The third-order valence-corrected chi connectivity index (χ3v) is 12.8. The number of carbonyl (C=O) groups excluding carboxylic acids is 1. The van der Waals surface area contributed by atoms with Crippen LogP contribution in [0.2, 0.25) is 0 Å². The molecule has 2 N–H and O–H groups in total. The van der Waals surface area contributed by atoms with E-state index in [2.05, 4.69) is 75.6 Å². The van der Waals surface area contributed by atoms with Gasteiger partial charge in [0.2, 0.25) is 0 Å². The zero-order valence-electron chi connectivity index (χ0n) is 38.8. The number of aldehydes is 1. The fraction of sp³-hybridized carbons (Fsp3) is 0.314.